The van der Waals surface area contributed by atoms with Crippen LogP contribution in [0.3, 0.4) is 0 Å². The Balaban J connectivity index is 1.97. The van der Waals surface area contributed by atoms with E-state index in [1.165, 1.54) is 32.1 Å². The van der Waals surface area contributed by atoms with E-state index in [1.54, 1.807) is 7.11 Å². The van der Waals surface area contributed by atoms with Crippen molar-refractivity contribution in [3.63, 3.8) is 0 Å². The minimum atomic E-state index is 0.446. The summed E-state index contributed by atoms with van der Waals surface area (Å²) < 4.78 is 5.20. The third kappa shape index (κ3) is 2.58. The molecule has 2 heterocycles. The molecule has 2 N–H and O–H groups in total. The van der Waals surface area contributed by atoms with Gasteiger partial charge in [-0.05, 0) is 39.0 Å². The number of methoxy groups -OCH3 is 1. The molecule has 0 spiro atoms. The molecule has 3 nitrogen and oxygen atoms in total. The summed E-state index contributed by atoms with van der Waals surface area (Å²) in [5, 5.41) is 0. The number of piperidine rings is 2. The Hall–Kier alpha value is -0.120. The van der Waals surface area contributed by atoms with Crippen molar-refractivity contribution in [2.24, 2.45) is 5.73 Å². The Morgan fingerprint density at radius 3 is 2.50 bits per heavy atom. The van der Waals surface area contributed by atoms with E-state index in [1.807, 2.05) is 0 Å². The molecule has 3 atom stereocenters. The monoisotopic (exact) mass is 226 g/mol. The van der Waals surface area contributed by atoms with Crippen molar-refractivity contribution in [2.45, 2.75) is 69.6 Å². The van der Waals surface area contributed by atoms with Gasteiger partial charge in [0.05, 0.1) is 0 Å². The molecule has 0 saturated carbocycles. The lowest BCUT2D eigenvalue weighted by Crippen LogP contribution is -2.58. The number of ether oxygens (including phenoxy) is 1. The van der Waals surface area contributed by atoms with Gasteiger partial charge in [0.1, 0.15) is 0 Å². The summed E-state index contributed by atoms with van der Waals surface area (Å²) in [5.41, 5.74) is 6.14. The first-order valence-corrected chi connectivity index (χ1v) is 6.74. The van der Waals surface area contributed by atoms with Gasteiger partial charge in [-0.2, -0.15) is 0 Å². The van der Waals surface area contributed by atoms with Crippen molar-refractivity contribution in [2.75, 3.05) is 13.7 Å². The van der Waals surface area contributed by atoms with Gasteiger partial charge in [-0.3, -0.25) is 4.90 Å². The summed E-state index contributed by atoms with van der Waals surface area (Å²) >= 11 is 0. The second-order valence-corrected chi connectivity index (χ2v) is 5.55. The van der Waals surface area contributed by atoms with Crippen LogP contribution < -0.4 is 5.73 Å². The van der Waals surface area contributed by atoms with Crippen LogP contribution in [0.25, 0.3) is 0 Å². The van der Waals surface area contributed by atoms with E-state index in [0.29, 0.717) is 12.1 Å². The first-order valence-electron chi connectivity index (χ1n) is 6.74. The van der Waals surface area contributed by atoms with Crippen LogP contribution in [-0.2, 0) is 4.74 Å². The van der Waals surface area contributed by atoms with Crippen molar-refractivity contribution in [3.8, 4) is 0 Å². The molecule has 0 aromatic carbocycles. The molecule has 0 aromatic rings. The molecule has 2 fully saturated rings. The third-order valence-electron chi connectivity index (χ3n) is 4.32. The van der Waals surface area contributed by atoms with Crippen molar-refractivity contribution in [1.82, 2.24) is 4.90 Å². The molecule has 2 bridgehead atoms. The van der Waals surface area contributed by atoms with Crippen LogP contribution in [-0.4, -0.2) is 42.8 Å². The molecule has 0 aromatic heterocycles. The summed E-state index contributed by atoms with van der Waals surface area (Å²) in [6, 6.07) is 2.59. The van der Waals surface area contributed by atoms with E-state index in [2.05, 4.69) is 11.8 Å². The fourth-order valence-corrected chi connectivity index (χ4v) is 3.62. The van der Waals surface area contributed by atoms with Crippen LogP contribution in [0, 0.1) is 0 Å². The highest BCUT2D eigenvalue weighted by molar-refractivity contribution is 4.95. The van der Waals surface area contributed by atoms with Gasteiger partial charge in [0.2, 0.25) is 0 Å². The number of rotatable bonds is 4. The highest BCUT2D eigenvalue weighted by Gasteiger charge is 2.38. The zero-order chi connectivity index (χ0) is 11.5. The number of nitrogens with zero attached hydrogens (tertiary/aromatic N) is 1. The standard InChI is InChI=1S/C13H26N2O/c1-10(6-7-16-2)15-12-4-3-5-13(15)9-11(14)8-12/h10-13H,3-9,14H2,1-2H3. The summed E-state index contributed by atoms with van der Waals surface area (Å²) in [5.74, 6) is 0. The minimum absolute atomic E-state index is 0.446. The average molecular weight is 226 g/mol. The predicted octanol–water partition coefficient (Wildman–Crippen LogP) is 1.76. The molecular formula is C13H26N2O. The Morgan fingerprint density at radius 2 is 1.94 bits per heavy atom. The summed E-state index contributed by atoms with van der Waals surface area (Å²) in [7, 11) is 1.79. The zero-order valence-electron chi connectivity index (χ0n) is 10.7. The molecule has 94 valence electrons. The Kier molecular flexibility index (Phi) is 4.22. The van der Waals surface area contributed by atoms with Gasteiger partial charge in [-0.15, -0.1) is 0 Å². The quantitative estimate of drug-likeness (QED) is 0.794. The minimum Gasteiger partial charge on any atom is -0.385 e. The van der Waals surface area contributed by atoms with E-state index in [9.17, 15) is 0 Å². The number of nitrogens with two attached hydrogens (primary N) is 1. The Labute approximate surface area is 99.3 Å². The van der Waals surface area contributed by atoms with Crippen LogP contribution >= 0.6 is 0 Å². The van der Waals surface area contributed by atoms with Crippen LogP contribution in [0.2, 0.25) is 0 Å². The maximum Gasteiger partial charge on any atom is 0.0477 e. The molecule has 3 unspecified atom stereocenters. The molecule has 0 amide bonds. The number of fused-ring (bicyclic) bond motifs is 2. The van der Waals surface area contributed by atoms with E-state index in [0.717, 1.165) is 25.1 Å². The fourth-order valence-electron chi connectivity index (χ4n) is 3.62. The van der Waals surface area contributed by atoms with E-state index in [4.69, 9.17) is 10.5 Å². The molecule has 3 heteroatoms. The highest BCUT2D eigenvalue weighted by Crippen LogP contribution is 2.35. The SMILES string of the molecule is COCCC(C)N1C2CCCC1CC(N)C2. The number of hydrogen-bond acceptors (Lipinski definition) is 3. The average Bonchev–Trinajstić information content (AvgIpc) is 2.24. The lowest BCUT2D eigenvalue weighted by molar-refractivity contribution is -0.00871. The van der Waals surface area contributed by atoms with Crippen LogP contribution in [0.5, 0.6) is 0 Å². The number of hydrogen-bond donors (Lipinski definition) is 1. The van der Waals surface area contributed by atoms with Crippen molar-refractivity contribution >= 4 is 0 Å². The third-order valence-corrected chi connectivity index (χ3v) is 4.32. The van der Waals surface area contributed by atoms with Gasteiger partial charge in [-0.1, -0.05) is 6.42 Å². The molecule has 2 saturated heterocycles. The van der Waals surface area contributed by atoms with Crippen molar-refractivity contribution < 1.29 is 4.74 Å². The molecule has 2 aliphatic rings. The molecule has 16 heavy (non-hydrogen) atoms. The lowest BCUT2D eigenvalue weighted by atomic mass is 9.81. The summed E-state index contributed by atoms with van der Waals surface area (Å²) in [6.45, 7) is 3.23. The van der Waals surface area contributed by atoms with E-state index in [-0.39, 0.29) is 0 Å². The largest absolute Gasteiger partial charge is 0.385 e. The molecule has 0 radical (unpaired) electrons. The maximum absolute atomic E-state index is 6.14. The fraction of sp³-hybridized carbons (Fsp3) is 1.00. The summed E-state index contributed by atoms with van der Waals surface area (Å²) in [6.07, 6.45) is 7.65. The molecule has 0 aliphatic carbocycles. The molecule has 2 aliphatic heterocycles. The predicted molar refractivity (Wildman–Crippen MR) is 66.4 cm³/mol. The molecule has 2 rings (SSSR count). The normalized spacial score (nSPS) is 37.3. The van der Waals surface area contributed by atoms with Gasteiger partial charge in [0.25, 0.3) is 0 Å². The topological polar surface area (TPSA) is 38.5 Å². The van der Waals surface area contributed by atoms with Crippen LogP contribution in [0.4, 0.5) is 0 Å². The van der Waals surface area contributed by atoms with Crippen LogP contribution in [0.1, 0.15) is 45.4 Å². The first kappa shape index (κ1) is 12.3. The van der Waals surface area contributed by atoms with Gasteiger partial charge in [0.15, 0.2) is 0 Å². The van der Waals surface area contributed by atoms with Gasteiger partial charge in [-0.25, -0.2) is 0 Å². The van der Waals surface area contributed by atoms with Crippen LogP contribution in [0.15, 0.2) is 0 Å². The Morgan fingerprint density at radius 1 is 1.31 bits per heavy atom. The summed E-state index contributed by atoms with van der Waals surface area (Å²) in [4.78, 5) is 2.74. The lowest BCUT2D eigenvalue weighted by Gasteiger charge is -2.51. The molecular weight excluding hydrogens is 200 g/mol. The van der Waals surface area contributed by atoms with E-state index >= 15 is 0 Å². The maximum atomic E-state index is 6.14. The van der Waals surface area contributed by atoms with Gasteiger partial charge >= 0.3 is 0 Å². The van der Waals surface area contributed by atoms with E-state index < -0.39 is 0 Å². The smallest absolute Gasteiger partial charge is 0.0477 e. The highest BCUT2D eigenvalue weighted by atomic mass is 16.5. The van der Waals surface area contributed by atoms with Crippen molar-refractivity contribution in [1.29, 1.82) is 0 Å². The Bertz CT molecular complexity index is 208. The first-order chi connectivity index (χ1) is 7.72. The van der Waals surface area contributed by atoms with Gasteiger partial charge < -0.3 is 10.5 Å². The zero-order valence-corrected chi connectivity index (χ0v) is 10.7. The second kappa shape index (κ2) is 5.48. The van der Waals surface area contributed by atoms with Crippen molar-refractivity contribution in [3.05, 3.63) is 0 Å². The second-order valence-electron chi connectivity index (χ2n) is 5.55. The van der Waals surface area contributed by atoms with Gasteiger partial charge in [0, 0.05) is 37.9 Å².